The molecule has 0 aromatic heterocycles. The van der Waals surface area contributed by atoms with Crippen LogP contribution in [0.2, 0.25) is 0 Å². The number of fused-ring (bicyclic) bond motifs is 2. The highest BCUT2D eigenvalue weighted by Gasteiger charge is 2.53. The number of carbonyl (C=O) groups is 2. The molecule has 2 fully saturated rings. The lowest BCUT2D eigenvalue weighted by Crippen LogP contribution is -2.61. The molecule has 0 radical (unpaired) electrons. The lowest BCUT2D eigenvalue weighted by atomic mass is 9.57. The van der Waals surface area contributed by atoms with Crippen LogP contribution in [0.3, 0.4) is 0 Å². The van der Waals surface area contributed by atoms with Crippen molar-refractivity contribution >= 4 is 22.6 Å². The second kappa shape index (κ2) is 9.94. The zero-order valence-electron chi connectivity index (χ0n) is 21.2. The molecular weight excluding hydrogens is 452 g/mol. The van der Waals surface area contributed by atoms with E-state index >= 15 is 0 Å². The van der Waals surface area contributed by atoms with E-state index in [-0.39, 0.29) is 35.4 Å². The van der Waals surface area contributed by atoms with Crippen LogP contribution in [-0.2, 0) is 14.9 Å². The number of likely N-dealkylation sites (tertiary alicyclic amines) is 1. The average Bonchev–Trinajstić information content (AvgIpc) is 2.88. The minimum Gasteiger partial charge on any atom is -0.497 e. The Bertz CT molecular complexity index is 1270. The molecule has 1 saturated heterocycles. The topological polar surface area (TPSA) is 67.9 Å². The SMILES string of the molecule is COc1cccc(C23CCN(C)CC2C(OC(C)=O)CC(NC(=O)c2ccc4ccccc4c2)C3)c1. The van der Waals surface area contributed by atoms with Gasteiger partial charge in [-0.05, 0) is 67.0 Å². The van der Waals surface area contributed by atoms with E-state index in [0.717, 1.165) is 42.5 Å². The molecule has 188 valence electrons. The Morgan fingerprint density at radius 2 is 1.83 bits per heavy atom. The maximum absolute atomic E-state index is 13.4. The van der Waals surface area contributed by atoms with Gasteiger partial charge >= 0.3 is 5.97 Å². The third kappa shape index (κ3) is 4.70. The number of amides is 1. The van der Waals surface area contributed by atoms with Crippen molar-refractivity contribution < 1.29 is 19.1 Å². The van der Waals surface area contributed by atoms with E-state index < -0.39 is 0 Å². The van der Waals surface area contributed by atoms with Crippen molar-refractivity contribution in [3.63, 3.8) is 0 Å². The maximum atomic E-state index is 13.4. The van der Waals surface area contributed by atoms with Gasteiger partial charge in [0.05, 0.1) is 7.11 Å². The van der Waals surface area contributed by atoms with Crippen molar-refractivity contribution in [2.75, 3.05) is 27.2 Å². The third-order valence-corrected chi connectivity index (χ3v) is 8.04. The second-order valence-corrected chi connectivity index (χ2v) is 10.3. The van der Waals surface area contributed by atoms with E-state index in [0.29, 0.717) is 12.0 Å². The van der Waals surface area contributed by atoms with E-state index in [4.69, 9.17) is 9.47 Å². The van der Waals surface area contributed by atoms with Crippen molar-refractivity contribution in [1.29, 1.82) is 0 Å². The Morgan fingerprint density at radius 1 is 1.03 bits per heavy atom. The summed E-state index contributed by atoms with van der Waals surface area (Å²) in [7, 11) is 3.80. The van der Waals surface area contributed by atoms with Crippen LogP contribution >= 0.6 is 0 Å². The molecule has 5 rings (SSSR count). The van der Waals surface area contributed by atoms with Crippen molar-refractivity contribution in [2.24, 2.45) is 5.92 Å². The van der Waals surface area contributed by atoms with Gasteiger partial charge in [0.2, 0.25) is 0 Å². The molecule has 3 aromatic carbocycles. The summed E-state index contributed by atoms with van der Waals surface area (Å²) < 4.78 is 11.5. The van der Waals surface area contributed by atoms with Crippen LogP contribution in [0.4, 0.5) is 0 Å². The van der Waals surface area contributed by atoms with Crippen LogP contribution in [0.25, 0.3) is 10.8 Å². The lowest BCUT2D eigenvalue weighted by molar-refractivity contribution is -0.156. The number of hydrogen-bond donors (Lipinski definition) is 1. The summed E-state index contributed by atoms with van der Waals surface area (Å²) in [5.41, 5.74) is 1.58. The number of nitrogens with one attached hydrogen (secondary N) is 1. The summed E-state index contributed by atoms with van der Waals surface area (Å²) >= 11 is 0. The first-order valence-corrected chi connectivity index (χ1v) is 12.7. The first-order chi connectivity index (χ1) is 17.4. The zero-order valence-corrected chi connectivity index (χ0v) is 21.2. The number of methoxy groups -OCH3 is 1. The maximum Gasteiger partial charge on any atom is 0.302 e. The Hall–Kier alpha value is -3.38. The van der Waals surface area contributed by atoms with Crippen molar-refractivity contribution in [2.45, 2.75) is 43.7 Å². The predicted octanol–water partition coefficient (Wildman–Crippen LogP) is 4.56. The molecule has 1 saturated carbocycles. The normalized spacial score (nSPS) is 26.1. The molecule has 6 nitrogen and oxygen atoms in total. The molecule has 1 aliphatic carbocycles. The number of benzene rings is 3. The largest absolute Gasteiger partial charge is 0.497 e. The van der Waals surface area contributed by atoms with Gasteiger partial charge in [0.25, 0.3) is 5.91 Å². The highest BCUT2D eigenvalue weighted by atomic mass is 16.5. The fraction of sp³-hybridized carbons (Fsp3) is 0.400. The Kier molecular flexibility index (Phi) is 6.71. The monoisotopic (exact) mass is 486 g/mol. The molecule has 0 spiro atoms. The molecule has 6 heteroatoms. The summed E-state index contributed by atoms with van der Waals surface area (Å²) in [6.45, 7) is 3.24. The molecule has 1 heterocycles. The van der Waals surface area contributed by atoms with Crippen LogP contribution in [-0.4, -0.2) is 56.2 Å². The van der Waals surface area contributed by atoms with Crippen LogP contribution in [0.15, 0.2) is 66.7 Å². The van der Waals surface area contributed by atoms with Gasteiger partial charge in [-0.25, -0.2) is 0 Å². The summed E-state index contributed by atoms with van der Waals surface area (Å²) in [5, 5.41) is 5.44. The molecule has 1 aliphatic heterocycles. The molecule has 36 heavy (non-hydrogen) atoms. The van der Waals surface area contributed by atoms with Crippen LogP contribution in [0, 0.1) is 5.92 Å². The average molecular weight is 487 g/mol. The van der Waals surface area contributed by atoms with Crippen LogP contribution in [0.5, 0.6) is 5.75 Å². The summed E-state index contributed by atoms with van der Waals surface area (Å²) in [6.07, 6.45) is 2.02. The van der Waals surface area contributed by atoms with Gasteiger partial charge in [0, 0.05) is 42.8 Å². The van der Waals surface area contributed by atoms with Gasteiger partial charge in [0.1, 0.15) is 11.9 Å². The van der Waals surface area contributed by atoms with Gasteiger partial charge in [-0.1, -0.05) is 42.5 Å². The van der Waals surface area contributed by atoms with Gasteiger partial charge in [0.15, 0.2) is 0 Å². The molecule has 1 N–H and O–H groups in total. The Balaban J connectivity index is 1.48. The standard InChI is InChI=1S/C30H34N2O4/c1-20(33)36-28-17-25(31-29(34)23-12-11-21-7-4-5-8-22(21)15-23)18-30(13-14-32(2)19-27(28)30)24-9-6-10-26(16-24)35-3/h4-12,15-16,25,27-28H,13-14,17-19H2,1-3H3,(H,31,34). The number of rotatable bonds is 5. The van der Waals surface area contributed by atoms with Crippen LogP contribution < -0.4 is 10.1 Å². The van der Waals surface area contributed by atoms with Gasteiger partial charge in [-0.15, -0.1) is 0 Å². The van der Waals surface area contributed by atoms with Crippen molar-refractivity contribution in [1.82, 2.24) is 10.2 Å². The quantitative estimate of drug-likeness (QED) is 0.536. The van der Waals surface area contributed by atoms with E-state index in [9.17, 15) is 9.59 Å². The van der Waals surface area contributed by atoms with E-state index in [1.165, 1.54) is 12.5 Å². The highest BCUT2D eigenvalue weighted by Crippen LogP contribution is 2.50. The number of esters is 1. The molecule has 3 aromatic rings. The van der Waals surface area contributed by atoms with Crippen molar-refractivity contribution in [3.05, 3.63) is 77.9 Å². The fourth-order valence-electron chi connectivity index (χ4n) is 6.33. The van der Waals surface area contributed by atoms with Crippen LogP contribution in [0.1, 0.15) is 42.1 Å². The summed E-state index contributed by atoms with van der Waals surface area (Å²) in [4.78, 5) is 27.8. The minimum absolute atomic E-state index is 0.0977. The van der Waals surface area contributed by atoms with Gasteiger partial charge in [-0.3, -0.25) is 9.59 Å². The Morgan fingerprint density at radius 3 is 2.61 bits per heavy atom. The number of nitrogens with zero attached hydrogens (tertiary/aromatic N) is 1. The molecule has 2 aliphatic rings. The molecule has 4 atom stereocenters. The first-order valence-electron chi connectivity index (χ1n) is 12.7. The fourth-order valence-corrected chi connectivity index (χ4v) is 6.33. The number of ether oxygens (including phenoxy) is 2. The summed E-state index contributed by atoms with van der Waals surface area (Å²) in [5.74, 6) is 0.556. The van der Waals surface area contributed by atoms with E-state index in [1.807, 2.05) is 54.6 Å². The molecule has 1 amide bonds. The van der Waals surface area contributed by atoms with Gasteiger partial charge < -0.3 is 19.7 Å². The third-order valence-electron chi connectivity index (χ3n) is 8.04. The molecule has 0 bridgehead atoms. The first kappa shape index (κ1) is 24.3. The smallest absolute Gasteiger partial charge is 0.302 e. The zero-order chi connectivity index (χ0) is 25.3. The molecular formula is C30H34N2O4. The lowest BCUT2D eigenvalue weighted by Gasteiger charge is -2.55. The van der Waals surface area contributed by atoms with E-state index in [2.05, 4.69) is 29.4 Å². The number of carbonyl (C=O) groups excluding carboxylic acids is 2. The van der Waals surface area contributed by atoms with E-state index in [1.54, 1.807) is 7.11 Å². The minimum atomic E-state index is -0.285. The highest BCUT2D eigenvalue weighted by molar-refractivity contribution is 5.98. The molecule has 4 unspecified atom stereocenters. The Labute approximate surface area is 212 Å². The predicted molar refractivity (Wildman–Crippen MR) is 140 cm³/mol. The summed E-state index contributed by atoms with van der Waals surface area (Å²) in [6, 6.07) is 21.9. The van der Waals surface area contributed by atoms with Gasteiger partial charge in [-0.2, -0.15) is 0 Å². The van der Waals surface area contributed by atoms with Crippen molar-refractivity contribution in [3.8, 4) is 5.75 Å². The number of piperidine rings is 1. The number of hydrogen-bond acceptors (Lipinski definition) is 5. The second-order valence-electron chi connectivity index (χ2n) is 10.3.